The Bertz CT molecular complexity index is 704. The minimum absolute atomic E-state index is 0.246. The standard InChI is InChI=1S/C14H21N3O2S/c1-9(2)10(3)7-17-20(18,19)14-8-16-13-5-4-11(15)6-12(13)14/h4-6,8-10,16-17H,7,15H2,1-3H3. The van der Waals surface area contributed by atoms with Crippen LogP contribution in [-0.4, -0.2) is 19.9 Å². The third kappa shape index (κ3) is 2.96. The van der Waals surface area contributed by atoms with E-state index in [1.807, 2.05) is 6.92 Å². The minimum atomic E-state index is -3.53. The van der Waals surface area contributed by atoms with Crippen LogP contribution in [-0.2, 0) is 10.0 Å². The summed E-state index contributed by atoms with van der Waals surface area (Å²) >= 11 is 0. The van der Waals surface area contributed by atoms with Crippen molar-refractivity contribution in [2.24, 2.45) is 11.8 Å². The molecule has 0 saturated carbocycles. The van der Waals surface area contributed by atoms with Gasteiger partial charge in [-0.2, -0.15) is 0 Å². The van der Waals surface area contributed by atoms with Crippen LogP contribution in [0.15, 0.2) is 29.3 Å². The molecule has 20 heavy (non-hydrogen) atoms. The van der Waals surface area contributed by atoms with Gasteiger partial charge < -0.3 is 10.7 Å². The summed E-state index contributed by atoms with van der Waals surface area (Å²) in [6.07, 6.45) is 1.51. The molecule has 0 bridgehead atoms. The molecule has 0 saturated heterocycles. The lowest BCUT2D eigenvalue weighted by atomic mass is 9.99. The molecule has 1 aromatic heterocycles. The first-order valence-corrected chi connectivity index (χ1v) is 8.16. The van der Waals surface area contributed by atoms with Gasteiger partial charge in [0.1, 0.15) is 4.90 Å². The van der Waals surface area contributed by atoms with Crippen LogP contribution in [0.2, 0.25) is 0 Å². The number of nitrogens with one attached hydrogen (secondary N) is 2. The number of aromatic amines is 1. The fourth-order valence-corrected chi connectivity index (χ4v) is 3.20. The smallest absolute Gasteiger partial charge is 0.242 e. The van der Waals surface area contributed by atoms with E-state index < -0.39 is 10.0 Å². The molecule has 0 aliphatic heterocycles. The molecule has 2 rings (SSSR count). The number of hydrogen-bond donors (Lipinski definition) is 3. The van der Waals surface area contributed by atoms with Gasteiger partial charge in [0.15, 0.2) is 0 Å². The van der Waals surface area contributed by atoms with E-state index in [1.165, 1.54) is 6.20 Å². The molecule has 1 unspecified atom stereocenters. The number of sulfonamides is 1. The lowest BCUT2D eigenvalue weighted by Crippen LogP contribution is -2.30. The number of anilines is 1. The van der Waals surface area contributed by atoms with Crippen LogP contribution in [0.5, 0.6) is 0 Å². The van der Waals surface area contributed by atoms with Gasteiger partial charge in [-0.3, -0.25) is 0 Å². The van der Waals surface area contributed by atoms with Crippen molar-refractivity contribution in [3.05, 3.63) is 24.4 Å². The highest BCUT2D eigenvalue weighted by molar-refractivity contribution is 7.89. The molecule has 1 aromatic carbocycles. The summed E-state index contributed by atoms with van der Waals surface area (Å²) in [6.45, 7) is 6.60. The van der Waals surface area contributed by atoms with Crippen LogP contribution < -0.4 is 10.5 Å². The average Bonchev–Trinajstić information content (AvgIpc) is 2.79. The van der Waals surface area contributed by atoms with Crippen LogP contribution in [0, 0.1) is 11.8 Å². The molecular weight excluding hydrogens is 274 g/mol. The predicted octanol–water partition coefficient (Wildman–Crippen LogP) is 2.32. The van der Waals surface area contributed by atoms with Crippen molar-refractivity contribution in [3.8, 4) is 0 Å². The quantitative estimate of drug-likeness (QED) is 0.740. The number of benzene rings is 1. The molecule has 110 valence electrons. The summed E-state index contributed by atoms with van der Waals surface area (Å²) in [6, 6.07) is 5.19. The van der Waals surface area contributed by atoms with Crippen molar-refractivity contribution in [2.75, 3.05) is 12.3 Å². The molecule has 0 amide bonds. The molecule has 0 radical (unpaired) electrons. The summed E-state index contributed by atoms with van der Waals surface area (Å²) < 4.78 is 27.4. The van der Waals surface area contributed by atoms with Gasteiger partial charge in [-0.15, -0.1) is 0 Å². The Morgan fingerprint density at radius 3 is 2.65 bits per heavy atom. The lowest BCUT2D eigenvalue weighted by molar-refractivity contribution is 0.415. The van der Waals surface area contributed by atoms with E-state index in [0.29, 0.717) is 23.5 Å². The van der Waals surface area contributed by atoms with Crippen molar-refractivity contribution in [2.45, 2.75) is 25.7 Å². The Morgan fingerprint density at radius 2 is 2.00 bits per heavy atom. The fourth-order valence-electron chi connectivity index (χ4n) is 1.89. The highest BCUT2D eigenvalue weighted by Crippen LogP contribution is 2.24. The van der Waals surface area contributed by atoms with Crippen molar-refractivity contribution in [3.63, 3.8) is 0 Å². The highest BCUT2D eigenvalue weighted by atomic mass is 32.2. The highest BCUT2D eigenvalue weighted by Gasteiger charge is 2.20. The number of aromatic nitrogens is 1. The topological polar surface area (TPSA) is 88.0 Å². The van der Waals surface area contributed by atoms with Gasteiger partial charge in [0.05, 0.1) is 0 Å². The number of hydrogen-bond acceptors (Lipinski definition) is 3. The zero-order valence-corrected chi connectivity index (χ0v) is 12.8. The van der Waals surface area contributed by atoms with Gasteiger partial charge in [-0.1, -0.05) is 20.8 Å². The summed E-state index contributed by atoms with van der Waals surface area (Å²) in [7, 11) is -3.53. The minimum Gasteiger partial charge on any atom is -0.399 e. The van der Waals surface area contributed by atoms with Crippen molar-refractivity contribution < 1.29 is 8.42 Å². The molecule has 5 nitrogen and oxygen atoms in total. The third-order valence-corrected chi connectivity index (χ3v) is 5.15. The summed E-state index contributed by atoms with van der Waals surface area (Å²) in [5, 5.41) is 0.620. The summed E-state index contributed by atoms with van der Waals surface area (Å²) in [5.74, 6) is 0.705. The van der Waals surface area contributed by atoms with Crippen LogP contribution >= 0.6 is 0 Å². The predicted molar refractivity (Wildman–Crippen MR) is 81.9 cm³/mol. The van der Waals surface area contributed by atoms with Gasteiger partial charge in [-0.05, 0) is 30.0 Å². The van der Waals surface area contributed by atoms with E-state index in [1.54, 1.807) is 18.2 Å². The number of rotatable bonds is 5. The second-order valence-electron chi connectivity index (χ2n) is 5.53. The van der Waals surface area contributed by atoms with E-state index in [-0.39, 0.29) is 10.8 Å². The number of nitrogen functional groups attached to an aromatic ring is 1. The van der Waals surface area contributed by atoms with Gasteiger partial charge in [0.2, 0.25) is 10.0 Å². The van der Waals surface area contributed by atoms with E-state index in [2.05, 4.69) is 23.6 Å². The first kappa shape index (κ1) is 14.9. The van der Waals surface area contributed by atoms with Crippen LogP contribution in [0.25, 0.3) is 10.9 Å². The van der Waals surface area contributed by atoms with Crippen molar-refractivity contribution >= 4 is 26.6 Å². The molecule has 6 heteroatoms. The number of nitrogens with two attached hydrogens (primary N) is 1. The maximum absolute atomic E-state index is 12.4. The maximum Gasteiger partial charge on any atom is 0.242 e. The largest absolute Gasteiger partial charge is 0.399 e. The Hall–Kier alpha value is -1.53. The Balaban J connectivity index is 2.30. The normalized spacial score (nSPS) is 14.0. The molecule has 0 aliphatic carbocycles. The molecular formula is C14H21N3O2S. The second kappa shape index (κ2) is 5.46. The zero-order chi connectivity index (χ0) is 14.9. The Labute approximate surface area is 119 Å². The Morgan fingerprint density at radius 1 is 1.30 bits per heavy atom. The van der Waals surface area contributed by atoms with Gasteiger partial charge >= 0.3 is 0 Å². The second-order valence-corrected chi connectivity index (χ2v) is 7.27. The average molecular weight is 295 g/mol. The first-order valence-electron chi connectivity index (χ1n) is 6.67. The van der Waals surface area contributed by atoms with E-state index in [9.17, 15) is 8.42 Å². The summed E-state index contributed by atoms with van der Waals surface area (Å²) in [5.41, 5.74) is 7.03. The number of fused-ring (bicyclic) bond motifs is 1. The Kier molecular flexibility index (Phi) is 4.06. The van der Waals surface area contributed by atoms with E-state index >= 15 is 0 Å². The van der Waals surface area contributed by atoms with Crippen molar-refractivity contribution in [1.29, 1.82) is 0 Å². The molecule has 0 aliphatic rings. The van der Waals surface area contributed by atoms with E-state index in [0.717, 1.165) is 5.52 Å². The van der Waals surface area contributed by atoms with E-state index in [4.69, 9.17) is 5.73 Å². The monoisotopic (exact) mass is 295 g/mol. The van der Waals surface area contributed by atoms with Crippen LogP contribution in [0.1, 0.15) is 20.8 Å². The molecule has 0 spiro atoms. The molecule has 1 atom stereocenters. The van der Waals surface area contributed by atoms with Gasteiger partial charge in [0.25, 0.3) is 0 Å². The maximum atomic E-state index is 12.4. The molecule has 0 fully saturated rings. The van der Waals surface area contributed by atoms with Crippen LogP contribution in [0.3, 0.4) is 0 Å². The van der Waals surface area contributed by atoms with Crippen molar-refractivity contribution in [1.82, 2.24) is 9.71 Å². The first-order chi connectivity index (χ1) is 9.31. The zero-order valence-electron chi connectivity index (χ0n) is 12.0. The number of H-pyrrole nitrogens is 1. The molecule has 2 aromatic rings. The molecule has 4 N–H and O–H groups in total. The molecule has 1 heterocycles. The summed E-state index contributed by atoms with van der Waals surface area (Å²) in [4.78, 5) is 3.20. The SMILES string of the molecule is CC(C)C(C)CNS(=O)(=O)c1c[nH]c2ccc(N)cc12. The van der Waals surface area contributed by atoms with Gasteiger partial charge in [-0.25, -0.2) is 13.1 Å². The fraction of sp³-hybridized carbons (Fsp3) is 0.429. The lowest BCUT2D eigenvalue weighted by Gasteiger charge is -2.16. The van der Waals surface area contributed by atoms with Gasteiger partial charge in [0, 0.05) is 29.3 Å². The third-order valence-electron chi connectivity index (χ3n) is 3.69. The van der Waals surface area contributed by atoms with Crippen LogP contribution in [0.4, 0.5) is 5.69 Å².